The molecule has 0 aromatic heterocycles. The first-order valence-electron chi connectivity index (χ1n) is 10.8. The lowest BCUT2D eigenvalue weighted by Crippen LogP contribution is -2.84. The Morgan fingerprint density at radius 2 is 1.15 bits per heavy atom. The van der Waals surface area contributed by atoms with Gasteiger partial charge in [0.05, 0.1) is 17.8 Å². The van der Waals surface area contributed by atoms with Crippen molar-refractivity contribution in [1.82, 2.24) is 0 Å². The predicted octanol–water partition coefficient (Wildman–Crippen LogP) is -1.35. The van der Waals surface area contributed by atoms with Crippen LogP contribution < -0.4 is 0 Å². The Bertz CT molecular complexity index is 766. The van der Waals surface area contributed by atoms with E-state index in [1.165, 1.54) is 34.6 Å². The Labute approximate surface area is 194 Å². The molecule has 0 aromatic rings. The second-order valence-corrected chi connectivity index (χ2v) is 11.2. The van der Waals surface area contributed by atoms with Crippen molar-refractivity contribution in [3.05, 3.63) is 0 Å². The maximum absolute atomic E-state index is 11.5. The fourth-order valence-corrected chi connectivity index (χ4v) is 4.61. The van der Waals surface area contributed by atoms with Gasteiger partial charge in [0, 0.05) is 0 Å². The molecule has 9 atom stereocenters. The van der Waals surface area contributed by atoms with E-state index < -0.39 is 69.4 Å². The van der Waals surface area contributed by atoms with Gasteiger partial charge in [0.25, 0.3) is 0 Å². The summed E-state index contributed by atoms with van der Waals surface area (Å²) in [5.74, 6) is -1.83. The Balaban J connectivity index is 3.45. The highest BCUT2D eigenvalue weighted by Gasteiger charge is 2.74. The second-order valence-electron chi connectivity index (χ2n) is 11.2. The third-order valence-corrected chi connectivity index (χ3v) is 9.16. The summed E-state index contributed by atoms with van der Waals surface area (Å²) in [4.78, 5) is 11.5. The molecule has 0 bridgehead atoms. The summed E-state index contributed by atoms with van der Waals surface area (Å²) in [5.41, 5.74) is -20.4. The third-order valence-electron chi connectivity index (χ3n) is 9.16. The highest BCUT2D eigenvalue weighted by Crippen LogP contribution is 2.55. The average molecular weight is 483 g/mol. The van der Waals surface area contributed by atoms with Crippen LogP contribution in [0.3, 0.4) is 0 Å². The Morgan fingerprint density at radius 3 is 1.52 bits per heavy atom. The quantitative estimate of drug-likeness (QED) is 0.197. The number of rotatable bonds is 8. The van der Waals surface area contributed by atoms with Crippen LogP contribution in [0.1, 0.15) is 75.2 Å². The number of carboxylic acid groups (broad SMARTS) is 1. The summed E-state index contributed by atoms with van der Waals surface area (Å²) in [6.07, 6.45) is -0.728. The zero-order chi connectivity index (χ0) is 26.9. The van der Waals surface area contributed by atoms with Crippen LogP contribution >= 0.6 is 0 Å². The van der Waals surface area contributed by atoms with Gasteiger partial charge in [-0.3, -0.25) is 0 Å². The van der Waals surface area contributed by atoms with Gasteiger partial charge in [0.2, 0.25) is 0 Å². The number of ether oxygens (including phenoxy) is 1. The lowest BCUT2D eigenvalue weighted by molar-refractivity contribution is -0.404. The Hall–Kier alpha value is -0.890. The van der Waals surface area contributed by atoms with E-state index in [4.69, 9.17) is 4.74 Å². The van der Waals surface area contributed by atoms with Gasteiger partial charge in [-0.05, 0) is 75.2 Å². The van der Waals surface area contributed by atoms with Crippen LogP contribution in [0.4, 0.5) is 0 Å². The average Bonchev–Trinajstić information content (AvgIpc) is 2.64. The highest BCUT2D eigenvalue weighted by atomic mass is 16.6. The Kier molecular flexibility index (Phi) is 7.13. The summed E-state index contributed by atoms with van der Waals surface area (Å²) < 4.78 is 5.97. The van der Waals surface area contributed by atoms with Crippen molar-refractivity contribution in [2.24, 2.45) is 0 Å². The zero-order valence-corrected chi connectivity index (χ0v) is 21.0. The number of aliphatic carboxylic acids is 1. The number of hydrogen-bond acceptors (Lipinski definition) is 10. The molecule has 0 spiro atoms. The summed E-state index contributed by atoms with van der Waals surface area (Å²) in [5, 5.41) is 96.1. The molecule has 33 heavy (non-hydrogen) atoms. The predicted molar refractivity (Wildman–Crippen MR) is 116 cm³/mol. The highest BCUT2D eigenvalue weighted by molar-refractivity contribution is 5.78. The standard InChI is InChI=1S/C22H42O11/c1-14(26,18(5,28)21(8,31)17(4,27)13(24)25)10-11-15(2)19(6,29)22(9,32)20(7,30)16(3,12-23)33-15/h23,26-32H,10-12H2,1-9H3,(H,24,25). The van der Waals surface area contributed by atoms with Crippen LogP contribution in [-0.2, 0) is 9.53 Å². The van der Waals surface area contributed by atoms with Gasteiger partial charge in [-0.15, -0.1) is 0 Å². The zero-order valence-electron chi connectivity index (χ0n) is 21.0. The number of carbonyl (C=O) groups is 1. The van der Waals surface area contributed by atoms with Gasteiger partial charge < -0.3 is 50.7 Å². The van der Waals surface area contributed by atoms with Crippen LogP contribution in [0.2, 0.25) is 0 Å². The number of hydrogen-bond donors (Lipinski definition) is 9. The van der Waals surface area contributed by atoms with Gasteiger partial charge in [-0.25, -0.2) is 4.79 Å². The van der Waals surface area contributed by atoms with Crippen molar-refractivity contribution in [3.8, 4) is 0 Å². The van der Waals surface area contributed by atoms with Crippen molar-refractivity contribution < 1.29 is 55.5 Å². The monoisotopic (exact) mass is 482 g/mol. The third kappa shape index (κ3) is 3.73. The van der Waals surface area contributed by atoms with Crippen LogP contribution in [-0.4, -0.2) is 109 Å². The first-order valence-corrected chi connectivity index (χ1v) is 10.8. The van der Waals surface area contributed by atoms with E-state index >= 15 is 0 Å². The Morgan fingerprint density at radius 1 is 0.758 bits per heavy atom. The largest absolute Gasteiger partial charge is 0.479 e. The molecule has 0 aromatic carbocycles. The summed E-state index contributed by atoms with van der Waals surface area (Å²) >= 11 is 0. The fraction of sp³-hybridized carbons (Fsp3) is 0.955. The molecule has 0 saturated carbocycles. The van der Waals surface area contributed by atoms with E-state index in [1.807, 2.05) is 0 Å². The number of aliphatic hydroxyl groups excluding tert-OH is 1. The van der Waals surface area contributed by atoms with Crippen molar-refractivity contribution >= 4 is 5.97 Å². The molecule has 0 amide bonds. The van der Waals surface area contributed by atoms with Gasteiger partial charge in [0.1, 0.15) is 33.6 Å². The molecule has 11 heteroatoms. The molecule has 0 radical (unpaired) electrons. The number of aliphatic hydroxyl groups is 8. The molecule has 1 heterocycles. The summed E-state index contributed by atoms with van der Waals surface area (Å²) in [6.45, 7) is 9.35. The van der Waals surface area contributed by atoms with E-state index in [0.717, 1.165) is 27.7 Å². The van der Waals surface area contributed by atoms with Crippen LogP contribution in [0, 0.1) is 0 Å². The molecule has 9 unspecified atom stereocenters. The van der Waals surface area contributed by atoms with E-state index in [2.05, 4.69) is 0 Å². The smallest absolute Gasteiger partial charge is 0.338 e. The molecule has 11 nitrogen and oxygen atoms in total. The van der Waals surface area contributed by atoms with Crippen molar-refractivity contribution in [3.63, 3.8) is 0 Å². The SMILES string of the molecule is CC(O)(CCC1(C)OC(C)(CO)C(C)(O)C(C)(O)C1(C)O)C(C)(O)C(C)(O)C(C)(O)C(=O)O. The molecule has 196 valence electrons. The molecule has 1 aliphatic heterocycles. The normalized spacial score (nSPS) is 44.8. The van der Waals surface area contributed by atoms with Crippen LogP contribution in [0.5, 0.6) is 0 Å². The maximum Gasteiger partial charge on any atom is 0.338 e. The second kappa shape index (κ2) is 7.81. The van der Waals surface area contributed by atoms with E-state index in [0.29, 0.717) is 0 Å². The lowest BCUT2D eigenvalue weighted by atomic mass is 9.56. The molecule has 1 aliphatic rings. The van der Waals surface area contributed by atoms with Gasteiger partial charge in [-0.1, -0.05) is 0 Å². The topological polar surface area (TPSA) is 208 Å². The number of carboxylic acids is 1. The van der Waals surface area contributed by atoms with E-state index in [-0.39, 0.29) is 6.42 Å². The van der Waals surface area contributed by atoms with Crippen molar-refractivity contribution in [1.29, 1.82) is 0 Å². The van der Waals surface area contributed by atoms with Crippen LogP contribution in [0.15, 0.2) is 0 Å². The summed E-state index contributed by atoms with van der Waals surface area (Å²) in [7, 11) is 0. The lowest BCUT2D eigenvalue weighted by Gasteiger charge is -2.66. The first-order chi connectivity index (χ1) is 14.2. The van der Waals surface area contributed by atoms with Crippen molar-refractivity contribution in [2.75, 3.05) is 6.61 Å². The maximum atomic E-state index is 11.5. The molecule has 9 N–H and O–H groups in total. The molecular weight excluding hydrogens is 440 g/mol. The minimum absolute atomic E-state index is 0.295. The van der Waals surface area contributed by atoms with Gasteiger partial charge >= 0.3 is 5.97 Å². The van der Waals surface area contributed by atoms with E-state index in [9.17, 15) is 50.8 Å². The van der Waals surface area contributed by atoms with E-state index in [1.54, 1.807) is 0 Å². The minimum atomic E-state index is -2.85. The fourth-order valence-electron chi connectivity index (χ4n) is 4.61. The molecular formula is C22H42O11. The molecule has 0 aliphatic carbocycles. The molecule has 1 fully saturated rings. The van der Waals surface area contributed by atoms with Gasteiger partial charge in [0.15, 0.2) is 5.60 Å². The van der Waals surface area contributed by atoms with Crippen LogP contribution in [0.25, 0.3) is 0 Å². The molecule has 1 saturated heterocycles. The first kappa shape index (κ1) is 30.1. The van der Waals surface area contributed by atoms with Crippen molar-refractivity contribution in [2.45, 2.75) is 126 Å². The summed E-state index contributed by atoms with van der Waals surface area (Å²) in [6, 6.07) is 0. The van der Waals surface area contributed by atoms with Gasteiger partial charge in [-0.2, -0.15) is 0 Å². The minimum Gasteiger partial charge on any atom is -0.479 e. The molecule has 1 rings (SSSR count).